The third kappa shape index (κ3) is 3.15. The molecule has 0 spiro atoms. The van der Waals surface area contributed by atoms with Crippen LogP contribution in [0, 0.1) is 0 Å². The van der Waals surface area contributed by atoms with Crippen LogP contribution < -0.4 is 5.32 Å². The summed E-state index contributed by atoms with van der Waals surface area (Å²) in [5.74, 6) is 0. The van der Waals surface area contributed by atoms with E-state index in [0.29, 0.717) is 12.6 Å². The maximum Gasteiger partial charge on any atom is 0.317 e. The van der Waals surface area contributed by atoms with Gasteiger partial charge in [-0.25, -0.2) is 4.79 Å². The number of thiophene rings is 1. The van der Waals surface area contributed by atoms with Crippen molar-refractivity contribution in [1.82, 2.24) is 15.1 Å². The normalized spacial score (nSPS) is 19.9. The number of fused-ring (bicyclic) bond motifs is 1. The number of likely N-dealkylation sites (N-methyl/N-ethyl adjacent to an activating group) is 1. The topological polar surface area (TPSA) is 35.6 Å². The van der Waals surface area contributed by atoms with Crippen molar-refractivity contribution >= 4 is 17.4 Å². The first-order chi connectivity index (χ1) is 9.54. The van der Waals surface area contributed by atoms with Crippen LogP contribution in [0.1, 0.15) is 36.8 Å². The summed E-state index contributed by atoms with van der Waals surface area (Å²) in [6.07, 6.45) is 1.96. The van der Waals surface area contributed by atoms with Gasteiger partial charge in [0.1, 0.15) is 0 Å². The third-order valence-corrected chi connectivity index (χ3v) is 5.17. The van der Waals surface area contributed by atoms with Gasteiger partial charge in [0.25, 0.3) is 0 Å². The highest BCUT2D eigenvalue weighted by Gasteiger charge is 2.30. The molecule has 1 N–H and O–H groups in total. The fourth-order valence-electron chi connectivity index (χ4n) is 2.60. The smallest absolute Gasteiger partial charge is 0.317 e. The zero-order chi connectivity index (χ0) is 14.7. The van der Waals surface area contributed by atoms with E-state index < -0.39 is 0 Å². The van der Waals surface area contributed by atoms with E-state index in [1.807, 2.05) is 30.3 Å². The Balaban J connectivity index is 2.00. The van der Waals surface area contributed by atoms with Crippen molar-refractivity contribution in [3.05, 3.63) is 21.9 Å². The highest BCUT2D eigenvalue weighted by molar-refractivity contribution is 7.10. The van der Waals surface area contributed by atoms with E-state index in [1.165, 1.54) is 10.4 Å². The first-order valence-corrected chi connectivity index (χ1v) is 8.19. The van der Waals surface area contributed by atoms with Gasteiger partial charge in [0.2, 0.25) is 0 Å². The average molecular weight is 295 g/mol. The Morgan fingerprint density at radius 3 is 3.00 bits per heavy atom. The maximum absolute atomic E-state index is 12.4. The zero-order valence-electron chi connectivity index (χ0n) is 12.8. The molecule has 1 aliphatic rings. The van der Waals surface area contributed by atoms with E-state index in [1.54, 1.807) is 0 Å². The van der Waals surface area contributed by atoms with Gasteiger partial charge in [-0.15, -0.1) is 11.3 Å². The summed E-state index contributed by atoms with van der Waals surface area (Å²) in [5.41, 5.74) is 1.35. The van der Waals surface area contributed by atoms with Crippen LogP contribution in [0.2, 0.25) is 0 Å². The Morgan fingerprint density at radius 1 is 1.60 bits per heavy atom. The monoisotopic (exact) mass is 295 g/mol. The van der Waals surface area contributed by atoms with Crippen LogP contribution in [0.5, 0.6) is 0 Å². The molecule has 2 rings (SSSR count). The summed E-state index contributed by atoms with van der Waals surface area (Å²) < 4.78 is 0. The van der Waals surface area contributed by atoms with Crippen LogP contribution in [-0.4, -0.2) is 49.1 Å². The van der Waals surface area contributed by atoms with Crippen molar-refractivity contribution in [2.75, 3.05) is 27.2 Å². The summed E-state index contributed by atoms with van der Waals surface area (Å²) in [6, 6.07) is 2.83. The van der Waals surface area contributed by atoms with E-state index in [-0.39, 0.29) is 12.1 Å². The lowest BCUT2D eigenvalue weighted by Gasteiger charge is -2.36. The lowest BCUT2D eigenvalue weighted by molar-refractivity contribution is 0.164. The lowest BCUT2D eigenvalue weighted by atomic mass is 9.98. The first kappa shape index (κ1) is 15.3. The molecule has 0 fully saturated rings. The summed E-state index contributed by atoms with van der Waals surface area (Å²) in [4.78, 5) is 18.0. The molecule has 2 amide bonds. The van der Waals surface area contributed by atoms with Gasteiger partial charge in [-0.1, -0.05) is 6.92 Å². The number of rotatable bonds is 4. The molecular weight excluding hydrogens is 270 g/mol. The molecule has 0 saturated carbocycles. The molecule has 20 heavy (non-hydrogen) atoms. The fourth-order valence-corrected chi connectivity index (χ4v) is 3.53. The molecule has 0 bridgehead atoms. The molecule has 1 aromatic rings. The summed E-state index contributed by atoms with van der Waals surface area (Å²) in [7, 11) is 4.06. The number of nitrogens with one attached hydrogen (secondary N) is 1. The molecule has 1 aromatic heterocycles. The van der Waals surface area contributed by atoms with Gasteiger partial charge in [0, 0.05) is 24.0 Å². The van der Waals surface area contributed by atoms with Gasteiger partial charge in [0.05, 0.1) is 6.04 Å². The Labute approximate surface area is 125 Å². The van der Waals surface area contributed by atoms with E-state index >= 15 is 0 Å². The fraction of sp³-hybridized carbons (Fsp3) is 0.667. The van der Waals surface area contributed by atoms with Gasteiger partial charge >= 0.3 is 6.03 Å². The first-order valence-electron chi connectivity index (χ1n) is 7.31. The SMILES string of the molecule is CC[C@@H]1c2ccsc2CCN1C(=O)NC[C@@H](C)N(C)C. The molecule has 112 valence electrons. The predicted molar refractivity (Wildman–Crippen MR) is 84.3 cm³/mol. The van der Waals surface area contributed by atoms with Crippen molar-refractivity contribution in [3.8, 4) is 0 Å². The third-order valence-electron chi connectivity index (χ3n) is 4.17. The Morgan fingerprint density at radius 2 is 2.35 bits per heavy atom. The molecular formula is C15H25N3OS. The second-order valence-electron chi connectivity index (χ2n) is 5.67. The molecule has 2 atom stereocenters. The highest BCUT2D eigenvalue weighted by Crippen LogP contribution is 2.35. The number of hydrogen-bond acceptors (Lipinski definition) is 3. The van der Waals surface area contributed by atoms with Crippen LogP contribution in [0.4, 0.5) is 4.79 Å². The molecule has 2 heterocycles. The Bertz CT molecular complexity index is 458. The largest absolute Gasteiger partial charge is 0.336 e. The van der Waals surface area contributed by atoms with E-state index in [0.717, 1.165) is 19.4 Å². The molecule has 0 saturated heterocycles. The Hall–Kier alpha value is -1.07. The van der Waals surface area contributed by atoms with Crippen LogP contribution in [0.25, 0.3) is 0 Å². The molecule has 1 aliphatic heterocycles. The second-order valence-corrected chi connectivity index (χ2v) is 6.67. The number of carbonyl (C=O) groups excluding carboxylic acids is 1. The van der Waals surface area contributed by atoms with Crippen molar-refractivity contribution in [1.29, 1.82) is 0 Å². The molecule has 4 nitrogen and oxygen atoms in total. The average Bonchev–Trinajstić information content (AvgIpc) is 2.91. The van der Waals surface area contributed by atoms with Crippen LogP contribution in [-0.2, 0) is 6.42 Å². The Kier molecular flexibility index (Phi) is 5.05. The number of hydrogen-bond donors (Lipinski definition) is 1. The highest BCUT2D eigenvalue weighted by atomic mass is 32.1. The predicted octanol–water partition coefficient (Wildman–Crippen LogP) is 2.72. The van der Waals surface area contributed by atoms with Gasteiger partial charge < -0.3 is 15.1 Å². The minimum absolute atomic E-state index is 0.0717. The summed E-state index contributed by atoms with van der Waals surface area (Å²) in [6.45, 7) is 5.79. The van der Waals surface area contributed by atoms with Gasteiger partial charge in [-0.05, 0) is 50.9 Å². The van der Waals surface area contributed by atoms with E-state index in [2.05, 4.69) is 35.5 Å². The standard InChI is InChI=1S/C15H25N3OS/c1-5-13-12-7-9-20-14(12)6-8-18(13)15(19)16-10-11(2)17(3)4/h7,9,11,13H,5-6,8,10H2,1-4H3,(H,16,19)/t11-,13-/m1/s1. The van der Waals surface area contributed by atoms with E-state index in [9.17, 15) is 4.79 Å². The van der Waals surface area contributed by atoms with Crippen molar-refractivity contribution in [2.45, 2.75) is 38.8 Å². The van der Waals surface area contributed by atoms with Crippen molar-refractivity contribution in [3.63, 3.8) is 0 Å². The maximum atomic E-state index is 12.4. The van der Waals surface area contributed by atoms with E-state index in [4.69, 9.17) is 0 Å². The van der Waals surface area contributed by atoms with Crippen LogP contribution in [0.15, 0.2) is 11.4 Å². The van der Waals surface area contributed by atoms with Gasteiger partial charge in [-0.2, -0.15) is 0 Å². The minimum atomic E-state index is 0.0717. The van der Waals surface area contributed by atoms with Gasteiger partial charge in [-0.3, -0.25) is 0 Å². The summed E-state index contributed by atoms with van der Waals surface area (Å²) >= 11 is 1.82. The lowest BCUT2D eigenvalue weighted by Crippen LogP contribution is -2.48. The van der Waals surface area contributed by atoms with Crippen LogP contribution in [0.3, 0.4) is 0 Å². The molecule has 0 aromatic carbocycles. The minimum Gasteiger partial charge on any atom is -0.336 e. The molecule has 5 heteroatoms. The summed E-state index contributed by atoms with van der Waals surface area (Å²) in [5, 5.41) is 5.21. The van der Waals surface area contributed by atoms with Crippen molar-refractivity contribution in [2.24, 2.45) is 0 Å². The quantitative estimate of drug-likeness (QED) is 0.927. The second kappa shape index (κ2) is 6.59. The zero-order valence-corrected chi connectivity index (χ0v) is 13.7. The molecule has 0 unspecified atom stereocenters. The van der Waals surface area contributed by atoms with Crippen molar-refractivity contribution < 1.29 is 4.79 Å². The van der Waals surface area contributed by atoms with Crippen LogP contribution >= 0.6 is 11.3 Å². The molecule has 0 aliphatic carbocycles. The number of carbonyl (C=O) groups is 1. The molecule has 0 radical (unpaired) electrons. The number of nitrogens with zero attached hydrogens (tertiary/aromatic N) is 2. The number of urea groups is 1. The number of amides is 2. The van der Waals surface area contributed by atoms with Gasteiger partial charge in [0.15, 0.2) is 0 Å².